The number of benzene rings is 1. The molecule has 0 radical (unpaired) electrons. The Morgan fingerprint density at radius 3 is 2.45 bits per heavy atom. The molecule has 0 N–H and O–H groups in total. The number of carbonyl (C=O) groups is 1. The van der Waals surface area contributed by atoms with Crippen molar-refractivity contribution in [3.05, 3.63) is 70.9 Å². The van der Waals surface area contributed by atoms with Crippen LogP contribution in [-0.4, -0.2) is 34.0 Å². The fourth-order valence-electron chi connectivity index (χ4n) is 3.96. The van der Waals surface area contributed by atoms with Crippen molar-refractivity contribution in [1.82, 2.24) is 15.0 Å². The lowest BCUT2D eigenvalue weighted by atomic mass is 9.91. The number of amides is 1. The number of hydrogen-bond donors (Lipinski definition) is 0. The number of rotatable bonds is 3. The summed E-state index contributed by atoms with van der Waals surface area (Å²) >= 11 is 0. The highest BCUT2D eigenvalue weighted by molar-refractivity contribution is 5.94. The van der Waals surface area contributed by atoms with Crippen molar-refractivity contribution in [1.29, 1.82) is 0 Å². The largest absolute Gasteiger partial charge is 0.361 e. The molecule has 3 heterocycles. The van der Waals surface area contributed by atoms with Gasteiger partial charge in [-0.25, -0.2) is 8.78 Å². The Bertz CT molecular complexity index is 1020. The van der Waals surface area contributed by atoms with E-state index in [2.05, 4.69) is 10.1 Å². The Morgan fingerprint density at radius 2 is 1.83 bits per heavy atom. The third kappa shape index (κ3) is 3.64. The first-order valence-corrected chi connectivity index (χ1v) is 9.58. The van der Waals surface area contributed by atoms with Gasteiger partial charge < -0.3 is 9.42 Å². The van der Waals surface area contributed by atoms with Crippen LogP contribution in [-0.2, 0) is 0 Å². The number of piperidine rings is 1. The molecule has 2 aromatic heterocycles. The van der Waals surface area contributed by atoms with Gasteiger partial charge in [0.2, 0.25) is 0 Å². The van der Waals surface area contributed by atoms with Crippen LogP contribution in [0.4, 0.5) is 8.78 Å². The molecule has 1 fully saturated rings. The topological polar surface area (TPSA) is 59.2 Å². The lowest BCUT2D eigenvalue weighted by Gasteiger charge is -2.32. The van der Waals surface area contributed by atoms with Gasteiger partial charge in [-0.3, -0.25) is 9.78 Å². The van der Waals surface area contributed by atoms with Crippen LogP contribution in [0.3, 0.4) is 0 Å². The molecule has 0 aliphatic carbocycles. The summed E-state index contributed by atoms with van der Waals surface area (Å²) in [4.78, 5) is 18.6. The minimum atomic E-state index is -0.828. The molecule has 0 bridgehead atoms. The average Bonchev–Trinajstić information content (AvgIpc) is 3.06. The lowest BCUT2D eigenvalue weighted by molar-refractivity contribution is 0.0702. The number of pyridine rings is 1. The Morgan fingerprint density at radius 1 is 1.14 bits per heavy atom. The quantitative estimate of drug-likeness (QED) is 0.645. The zero-order chi connectivity index (χ0) is 20.5. The van der Waals surface area contributed by atoms with Gasteiger partial charge in [-0.2, -0.15) is 0 Å². The molecular weight excluding hydrogens is 376 g/mol. The van der Waals surface area contributed by atoms with Crippen LogP contribution in [0.2, 0.25) is 0 Å². The van der Waals surface area contributed by atoms with Gasteiger partial charge in [-0.1, -0.05) is 11.2 Å². The van der Waals surface area contributed by atoms with Gasteiger partial charge in [0.15, 0.2) is 0 Å². The van der Waals surface area contributed by atoms with Crippen LogP contribution in [0.5, 0.6) is 0 Å². The van der Waals surface area contributed by atoms with Crippen molar-refractivity contribution in [2.45, 2.75) is 32.6 Å². The van der Waals surface area contributed by atoms with E-state index in [1.54, 1.807) is 6.20 Å². The van der Waals surface area contributed by atoms with Crippen molar-refractivity contribution in [3.63, 3.8) is 0 Å². The maximum Gasteiger partial charge on any atom is 0.259 e. The summed E-state index contributed by atoms with van der Waals surface area (Å²) in [5, 5.41) is 4.01. The fourth-order valence-corrected chi connectivity index (χ4v) is 3.96. The van der Waals surface area contributed by atoms with Crippen LogP contribution in [0.1, 0.15) is 46.3 Å². The van der Waals surface area contributed by atoms with E-state index in [9.17, 15) is 13.6 Å². The molecule has 1 aliphatic heterocycles. The molecule has 1 aromatic carbocycles. The first-order valence-electron chi connectivity index (χ1n) is 9.58. The van der Waals surface area contributed by atoms with E-state index in [-0.39, 0.29) is 5.92 Å². The second-order valence-electron chi connectivity index (χ2n) is 7.33. The van der Waals surface area contributed by atoms with Crippen molar-refractivity contribution < 1.29 is 18.1 Å². The Hall–Kier alpha value is -3.09. The molecule has 150 valence electrons. The highest BCUT2D eigenvalue weighted by Gasteiger charge is 2.28. The summed E-state index contributed by atoms with van der Waals surface area (Å²) in [7, 11) is 0. The molecule has 0 spiro atoms. The maximum atomic E-state index is 13.9. The van der Waals surface area contributed by atoms with Gasteiger partial charge in [-0.15, -0.1) is 0 Å². The maximum absolute atomic E-state index is 13.9. The standard InChI is InChI=1S/C22H21F2N3O2/c1-13-20(14(2)29-26-13)16-6-9-25-19(12-16)15-7-10-27(11-8-15)22(28)21-17(23)4-3-5-18(21)24/h3-6,9,12,15H,7-8,10-11H2,1-2H3. The monoisotopic (exact) mass is 397 g/mol. The zero-order valence-electron chi connectivity index (χ0n) is 16.3. The molecule has 29 heavy (non-hydrogen) atoms. The third-order valence-corrected chi connectivity index (χ3v) is 5.48. The normalized spacial score (nSPS) is 15.0. The average molecular weight is 397 g/mol. The summed E-state index contributed by atoms with van der Waals surface area (Å²) in [5.41, 5.74) is 3.25. The third-order valence-electron chi connectivity index (χ3n) is 5.48. The van der Waals surface area contributed by atoms with Crippen molar-refractivity contribution in [2.24, 2.45) is 0 Å². The molecule has 1 amide bonds. The molecule has 3 aromatic rings. The zero-order valence-corrected chi connectivity index (χ0v) is 16.3. The van der Waals surface area contributed by atoms with E-state index in [0.29, 0.717) is 25.9 Å². The van der Waals surface area contributed by atoms with Crippen molar-refractivity contribution >= 4 is 5.91 Å². The first-order chi connectivity index (χ1) is 14.0. The number of hydrogen-bond acceptors (Lipinski definition) is 4. The van der Waals surface area contributed by atoms with Gasteiger partial charge in [0, 0.05) is 36.5 Å². The van der Waals surface area contributed by atoms with E-state index in [1.807, 2.05) is 26.0 Å². The molecule has 5 nitrogen and oxygen atoms in total. The Kier molecular flexibility index (Phi) is 5.13. The van der Waals surface area contributed by atoms with Crippen LogP contribution >= 0.6 is 0 Å². The number of carbonyl (C=O) groups excluding carboxylic acids is 1. The molecule has 1 aliphatic rings. The second kappa shape index (κ2) is 7.73. The summed E-state index contributed by atoms with van der Waals surface area (Å²) in [6, 6.07) is 7.42. The number of halogens is 2. The smallest absolute Gasteiger partial charge is 0.259 e. The summed E-state index contributed by atoms with van der Waals surface area (Å²) in [6.07, 6.45) is 3.13. The summed E-state index contributed by atoms with van der Waals surface area (Å²) in [5.74, 6) is -1.33. The number of likely N-dealkylation sites (tertiary alicyclic amines) is 1. The minimum absolute atomic E-state index is 0.171. The van der Waals surface area contributed by atoms with E-state index in [0.717, 1.165) is 40.4 Å². The van der Waals surface area contributed by atoms with Gasteiger partial charge in [0.05, 0.1) is 5.69 Å². The molecule has 4 rings (SSSR count). The molecule has 0 unspecified atom stereocenters. The Labute approximate surface area is 167 Å². The van der Waals surface area contributed by atoms with Gasteiger partial charge in [0.1, 0.15) is 23.0 Å². The van der Waals surface area contributed by atoms with E-state index >= 15 is 0 Å². The molecule has 1 saturated heterocycles. The highest BCUT2D eigenvalue weighted by Crippen LogP contribution is 2.32. The predicted molar refractivity (Wildman–Crippen MR) is 103 cm³/mol. The minimum Gasteiger partial charge on any atom is -0.361 e. The number of aromatic nitrogens is 2. The predicted octanol–water partition coefficient (Wildman–Crippen LogP) is 4.65. The van der Waals surface area contributed by atoms with Crippen LogP contribution in [0.25, 0.3) is 11.1 Å². The van der Waals surface area contributed by atoms with Gasteiger partial charge >= 0.3 is 0 Å². The highest BCUT2D eigenvalue weighted by atomic mass is 19.1. The first kappa shape index (κ1) is 19.2. The molecule has 0 saturated carbocycles. The van der Waals surface area contributed by atoms with Gasteiger partial charge in [-0.05, 0) is 56.5 Å². The lowest BCUT2D eigenvalue weighted by Crippen LogP contribution is -2.38. The summed E-state index contributed by atoms with van der Waals surface area (Å²) < 4.78 is 33.1. The van der Waals surface area contributed by atoms with Crippen LogP contribution < -0.4 is 0 Å². The number of nitrogens with zero attached hydrogens (tertiary/aromatic N) is 3. The molecule has 0 atom stereocenters. The second-order valence-corrected chi connectivity index (χ2v) is 7.33. The van der Waals surface area contributed by atoms with Crippen molar-refractivity contribution in [3.8, 4) is 11.1 Å². The van der Waals surface area contributed by atoms with E-state index in [4.69, 9.17) is 4.52 Å². The van der Waals surface area contributed by atoms with Crippen LogP contribution in [0, 0.1) is 25.5 Å². The number of aryl methyl sites for hydroxylation is 2. The van der Waals surface area contributed by atoms with E-state index < -0.39 is 23.1 Å². The SMILES string of the molecule is Cc1noc(C)c1-c1ccnc(C2CCN(C(=O)c3c(F)cccc3F)CC2)c1. The van der Waals surface area contributed by atoms with Crippen molar-refractivity contribution in [2.75, 3.05) is 13.1 Å². The van der Waals surface area contributed by atoms with E-state index in [1.165, 1.54) is 11.0 Å². The Balaban J connectivity index is 1.49. The fraction of sp³-hybridized carbons (Fsp3) is 0.318. The van der Waals surface area contributed by atoms with Crippen LogP contribution in [0.15, 0.2) is 41.1 Å². The van der Waals surface area contributed by atoms with Gasteiger partial charge in [0.25, 0.3) is 5.91 Å². The molecular formula is C22H21F2N3O2. The summed E-state index contributed by atoms with van der Waals surface area (Å²) in [6.45, 7) is 4.63. The molecule has 7 heteroatoms.